The Morgan fingerprint density at radius 3 is 2.39 bits per heavy atom. The molecule has 0 aliphatic rings. The fourth-order valence-electron chi connectivity index (χ4n) is 2.20. The fraction of sp³-hybridized carbons (Fsp3) is 0.188. The molecule has 0 aliphatic heterocycles. The van der Waals surface area contributed by atoms with E-state index in [1.165, 1.54) is 31.2 Å². The summed E-state index contributed by atoms with van der Waals surface area (Å²) in [5, 5.41) is 2.56. The molecule has 1 amide bonds. The fourth-order valence-corrected chi connectivity index (χ4v) is 2.88. The molecule has 2 aromatic carbocycles. The molecule has 0 radical (unpaired) electrons. The molecular formula is C16H15F2NO3S. The number of rotatable bonds is 4. The highest BCUT2D eigenvalue weighted by atomic mass is 32.2. The van der Waals surface area contributed by atoms with E-state index >= 15 is 0 Å². The van der Waals surface area contributed by atoms with Crippen molar-refractivity contribution in [2.45, 2.75) is 17.9 Å². The minimum absolute atomic E-state index is 0.0484. The van der Waals surface area contributed by atoms with Crippen molar-refractivity contribution in [1.29, 1.82) is 0 Å². The first-order chi connectivity index (χ1) is 10.7. The van der Waals surface area contributed by atoms with Crippen LogP contribution < -0.4 is 5.32 Å². The van der Waals surface area contributed by atoms with Crippen LogP contribution in [-0.4, -0.2) is 20.6 Å². The summed E-state index contributed by atoms with van der Waals surface area (Å²) in [7, 11) is -3.45. The Bertz CT molecular complexity index is 850. The van der Waals surface area contributed by atoms with Crippen LogP contribution in [0.1, 0.15) is 24.1 Å². The second-order valence-corrected chi connectivity index (χ2v) is 7.16. The van der Waals surface area contributed by atoms with Crippen molar-refractivity contribution in [3.63, 3.8) is 0 Å². The van der Waals surface area contributed by atoms with Crippen LogP contribution in [0.4, 0.5) is 8.78 Å². The van der Waals surface area contributed by atoms with Crippen molar-refractivity contribution >= 4 is 15.7 Å². The summed E-state index contributed by atoms with van der Waals surface area (Å²) in [4.78, 5) is 11.5. The van der Waals surface area contributed by atoms with Crippen molar-refractivity contribution in [2.24, 2.45) is 0 Å². The van der Waals surface area contributed by atoms with Gasteiger partial charge in [-0.15, -0.1) is 0 Å². The molecule has 7 heteroatoms. The summed E-state index contributed by atoms with van der Waals surface area (Å²) in [6.07, 6.45) is 1.05. The summed E-state index contributed by atoms with van der Waals surface area (Å²) in [5.41, 5.74) is 0.431. The Balaban J connectivity index is 2.57. The van der Waals surface area contributed by atoms with Gasteiger partial charge in [0.2, 0.25) is 5.91 Å². The Labute approximate surface area is 133 Å². The van der Waals surface area contributed by atoms with E-state index in [4.69, 9.17) is 0 Å². The van der Waals surface area contributed by atoms with Gasteiger partial charge in [-0.2, -0.15) is 0 Å². The number of benzene rings is 2. The van der Waals surface area contributed by atoms with Gasteiger partial charge in [0, 0.05) is 24.8 Å². The van der Waals surface area contributed by atoms with Crippen molar-refractivity contribution in [2.75, 3.05) is 6.26 Å². The number of carbonyl (C=O) groups excluding carboxylic acids is 1. The largest absolute Gasteiger partial charge is 0.345 e. The molecule has 4 nitrogen and oxygen atoms in total. The maximum absolute atomic E-state index is 14.1. The molecule has 0 aliphatic carbocycles. The number of hydrogen-bond donors (Lipinski definition) is 1. The summed E-state index contributed by atoms with van der Waals surface area (Å²) in [6.45, 7) is 1.26. The highest BCUT2D eigenvalue weighted by molar-refractivity contribution is 7.90. The van der Waals surface area contributed by atoms with Crippen molar-refractivity contribution in [3.8, 4) is 0 Å². The van der Waals surface area contributed by atoms with Crippen LogP contribution in [0.5, 0.6) is 0 Å². The molecule has 2 aromatic rings. The Hall–Kier alpha value is -2.28. The first kappa shape index (κ1) is 17.1. The SMILES string of the molecule is CC(=O)N[C@@H](c1cccc(S(C)(=O)=O)c1)c1ccc(F)cc1F. The molecule has 122 valence electrons. The van der Waals surface area contributed by atoms with Gasteiger partial charge in [0.25, 0.3) is 0 Å². The zero-order valence-corrected chi connectivity index (χ0v) is 13.3. The lowest BCUT2D eigenvalue weighted by molar-refractivity contribution is -0.119. The van der Waals surface area contributed by atoms with Gasteiger partial charge >= 0.3 is 0 Å². The summed E-state index contributed by atoms with van der Waals surface area (Å²) in [5.74, 6) is -1.99. The predicted octanol–water partition coefficient (Wildman–Crippen LogP) is 2.59. The third-order valence-corrected chi connectivity index (χ3v) is 4.35. The van der Waals surface area contributed by atoms with Crippen LogP contribution in [0.2, 0.25) is 0 Å². The van der Waals surface area contributed by atoms with E-state index in [2.05, 4.69) is 5.32 Å². The molecule has 0 bridgehead atoms. The van der Waals surface area contributed by atoms with E-state index in [9.17, 15) is 22.0 Å². The van der Waals surface area contributed by atoms with Gasteiger partial charge in [-0.1, -0.05) is 18.2 Å². The first-order valence-corrected chi connectivity index (χ1v) is 8.59. The molecule has 0 heterocycles. The summed E-state index contributed by atoms with van der Waals surface area (Å²) >= 11 is 0. The lowest BCUT2D eigenvalue weighted by atomic mass is 9.98. The zero-order valence-electron chi connectivity index (χ0n) is 12.5. The molecule has 0 aromatic heterocycles. The number of carbonyl (C=O) groups is 1. The maximum atomic E-state index is 14.1. The van der Waals surface area contributed by atoms with E-state index < -0.39 is 33.4 Å². The second-order valence-electron chi connectivity index (χ2n) is 5.14. The Morgan fingerprint density at radius 2 is 1.83 bits per heavy atom. The molecule has 0 unspecified atom stereocenters. The number of halogens is 2. The van der Waals surface area contributed by atoms with Crippen LogP contribution in [0.25, 0.3) is 0 Å². The predicted molar refractivity (Wildman–Crippen MR) is 81.6 cm³/mol. The van der Waals surface area contributed by atoms with E-state index in [-0.39, 0.29) is 10.5 Å². The smallest absolute Gasteiger partial charge is 0.217 e. The number of hydrogen-bond acceptors (Lipinski definition) is 3. The molecular weight excluding hydrogens is 324 g/mol. The van der Waals surface area contributed by atoms with Gasteiger partial charge in [0.1, 0.15) is 11.6 Å². The van der Waals surface area contributed by atoms with E-state index in [0.717, 1.165) is 12.3 Å². The molecule has 0 spiro atoms. The first-order valence-electron chi connectivity index (χ1n) is 6.70. The average Bonchev–Trinajstić information content (AvgIpc) is 2.44. The maximum Gasteiger partial charge on any atom is 0.217 e. The Kier molecular flexibility index (Phi) is 4.79. The van der Waals surface area contributed by atoms with E-state index in [1.54, 1.807) is 6.07 Å². The van der Waals surface area contributed by atoms with Crippen LogP contribution >= 0.6 is 0 Å². The lowest BCUT2D eigenvalue weighted by Crippen LogP contribution is -2.27. The molecule has 2 rings (SSSR count). The highest BCUT2D eigenvalue weighted by Crippen LogP contribution is 2.26. The normalized spacial score (nSPS) is 12.7. The molecule has 1 atom stereocenters. The second kappa shape index (κ2) is 6.45. The molecule has 23 heavy (non-hydrogen) atoms. The number of nitrogens with one attached hydrogen (secondary N) is 1. The van der Waals surface area contributed by atoms with E-state index in [1.807, 2.05) is 0 Å². The van der Waals surface area contributed by atoms with E-state index in [0.29, 0.717) is 11.6 Å². The van der Waals surface area contributed by atoms with Gasteiger partial charge < -0.3 is 5.32 Å². The van der Waals surface area contributed by atoms with Gasteiger partial charge in [0.15, 0.2) is 9.84 Å². The van der Waals surface area contributed by atoms with Gasteiger partial charge in [-0.05, 0) is 23.8 Å². The Morgan fingerprint density at radius 1 is 1.13 bits per heavy atom. The molecule has 0 fully saturated rings. The highest BCUT2D eigenvalue weighted by Gasteiger charge is 2.21. The molecule has 0 saturated carbocycles. The topological polar surface area (TPSA) is 63.2 Å². The van der Waals surface area contributed by atoms with Crippen molar-refractivity contribution in [1.82, 2.24) is 5.32 Å². The van der Waals surface area contributed by atoms with Crippen molar-refractivity contribution < 1.29 is 22.0 Å². The van der Waals surface area contributed by atoms with Crippen LogP contribution in [0.3, 0.4) is 0 Å². The zero-order chi connectivity index (χ0) is 17.2. The average molecular weight is 339 g/mol. The van der Waals surface area contributed by atoms with Gasteiger partial charge in [0.05, 0.1) is 10.9 Å². The van der Waals surface area contributed by atoms with Crippen molar-refractivity contribution in [3.05, 3.63) is 65.2 Å². The van der Waals surface area contributed by atoms with Crippen LogP contribution in [0.15, 0.2) is 47.4 Å². The van der Waals surface area contributed by atoms with Crippen LogP contribution in [0, 0.1) is 11.6 Å². The van der Waals surface area contributed by atoms with Gasteiger partial charge in [-0.25, -0.2) is 17.2 Å². The van der Waals surface area contributed by atoms with Crippen LogP contribution in [-0.2, 0) is 14.6 Å². The summed E-state index contributed by atoms with van der Waals surface area (Å²) in [6, 6.07) is 7.93. The quantitative estimate of drug-likeness (QED) is 0.931. The minimum Gasteiger partial charge on any atom is -0.345 e. The standard InChI is InChI=1S/C16H15F2NO3S/c1-10(20)19-16(14-7-6-12(17)9-15(14)18)11-4-3-5-13(8-11)23(2,21)22/h3-9,16H,1-2H3,(H,19,20)/t16-/m0/s1. The summed E-state index contributed by atoms with van der Waals surface area (Å²) < 4.78 is 50.5. The third-order valence-electron chi connectivity index (χ3n) is 3.24. The lowest BCUT2D eigenvalue weighted by Gasteiger charge is -2.20. The third kappa shape index (κ3) is 4.13. The molecule has 1 N–H and O–H groups in total. The monoisotopic (exact) mass is 339 g/mol. The molecule has 0 saturated heterocycles. The number of sulfone groups is 1. The van der Waals surface area contributed by atoms with Gasteiger partial charge in [-0.3, -0.25) is 4.79 Å². The number of amides is 1. The minimum atomic E-state index is -3.45.